The quantitative estimate of drug-likeness (QED) is 0.782. The second-order valence-electron chi connectivity index (χ2n) is 4.97. The Morgan fingerprint density at radius 2 is 2.17 bits per heavy atom. The van der Waals surface area contributed by atoms with Crippen LogP contribution in [0.5, 0.6) is 0 Å². The van der Waals surface area contributed by atoms with Gasteiger partial charge in [0, 0.05) is 27.2 Å². The van der Waals surface area contributed by atoms with E-state index in [1.807, 2.05) is 13.8 Å². The fourth-order valence-corrected chi connectivity index (χ4v) is 3.23. The number of nitrogens with one attached hydrogen (secondary N) is 1. The second-order valence-corrected chi connectivity index (χ2v) is 7.28. The van der Waals surface area contributed by atoms with E-state index in [2.05, 4.69) is 39.4 Å². The maximum Gasteiger partial charge on any atom is 0.0631 e. The summed E-state index contributed by atoms with van der Waals surface area (Å²) in [5, 5.41) is 13.2. The second kappa shape index (κ2) is 6.42. The molecule has 1 aliphatic rings. The van der Waals surface area contributed by atoms with Crippen LogP contribution in [0, 0.1) is 0 Å². The molecule has 0 bridgehead atoms. The van der Waals surface area contributed by atoms with Crippen LogP contribution in [-0.4, -0.2) is 22.5 Å². The number of hydrogen-bond acceptors (Lipinski definition) is 3. The number of hydrogen-bond donors (Lipinski definition) is 2. The van der Waals surface area contributed by atoms with Crippen LogP contribution in [-0.2, 0) is 6.54 Å². The number of rotatable bonds is 6. The molecule has 0 heterocycles. The zero-order valence-electron chi connectivity index (χ0n) is 10.8. The molecule has 2 atom stereocenters. The van der Waals surface area contributed by atoms with Crippen LogP contribution in [0.2, 0.25) is 0 Å². The monoisotopic (exact) mass is 329 g/mol. The third-order valence-electron chi connectivity index (χ3n) is 3.18. The minimum atomic E-state index is -0.287. The smallest absolute Gasteiger partial charge is 0.0631 e. The number of halogens is 1. The molecule has 0 spiro atoms. The summed E-state index contributed by atoms with van der Waals surface area (Å²) in [6.07, 6.45) is 2.35. The molecule has 1 aliphatic carbocycles. The lowest BCUT2D eigenvalue weighted by Gasteiger charge is -2.15. The fraction of sp³-hybridized carbons (Fsp3) is 0.571. The summed E-state index contributed by atoms with van der Waals surface area (Å²) in [4.78, 5) is 1.20. The van der Waals surface area contributed by atoms with Gasteiger partial charge in [0.25, 0.3) is 0 Å². The number of benzene rings is 1. The Morgan fingerprint density at radius 1 is 1.44 bits per heavy atom. The Hall–Kier alpha value is -0.0300. The standard InChI is InChI=1S/C14H20BrNOS/c1-9(17)10(2)18-13-6-3-11(14(15)7-13)8-16-12-4-5-12/h3,6-7,9-10,12,16-17H,4-5,8H2,1-2H3. The van der Waals surface area contributed by atoms with Crippen molar-refractivity contribution in [2.24, 2.45) is 0 Å². The molecule has 0 radical (unpaired) electrons. The van der Waals surface area contributed by atoms with Crippen LogP contribution in [0.15, 0.2) is 27.6 Å². The average molecular weight is 330 g/mol. The van der Waals surface area contributed by atoms with Gasteiger partial charge in [0.05, 0.1) is 6.10 Å². The largest absolute Gasteiger partial charge is 0.392 e. The van der Waals surface area contributed by atoms with Gasteiger partial charge in [-0.05, 0) is 37.5 Å². The van der Waals surface area contributed by atoms with Crippen LogP contribution in [0.1, 0.15) is 32.3 Å². The van der Waals surface area contributed by atoms with Gasteiger partial charge in [0.15, 0.2) is 0 Å². The summed E-state index contributed by atoms with van der Waals surface area (Å²) in [6.45, 7) is 4.81. The first-order valence-corrected chi connectivity index (χ1v) is 8.10. The van der Waals surface area contributed by atoms with Crippen LogP contribution in [0.25, 0.3) is 0 Å². The van der Waals surface area contributed by atoms with Gasteiger partial charge in [-0.25, -0.2) is 0 Å². The molecule has 2 rings (SSSR count). The molecule has 1 fully saturated rings. The van der Waals surface area contributed by atoms with Crippen LogP contribution >= 0.6 is 27.7 Å². The highest BCUT2D eigenvalue weighted by atomic mass is 79.9. The van der Waals surface area contributed by atoms with Crippen LogP contribution in [0.3, 0.4) is 0 Å². The van der Waals surface area contributed by atoms with E-state index >= 15 is 0 Å². The number of aliphatic hydroxyl groups excluding tert-OH is 1. The maximum absolute atomic E-state index is 9.52. The zero-order valence-corrected chi connectivity index (χ0v) is 13.2. The van der Waals surface area contributed by atoms with E-state index in [-0.39, 0.29) is 11.4 Å². The molecule has 4 heteroatoms. The van der Waals surface area contributed by atoms with Crippen molar-refractivity contribution in [2.45, 2.75) is 55.5 Å². The van der Waals surface area contributed by atoms with E-state index in [0.717, 1.165) is 17.1 Å². The predicted octanol–water partition coefficient (Wildman–Crippen LogP) is 3.56. The van der Waals surface area contributed by atoms with Gasteiger partial charge in [-0.15, -0.1) is 11.8 Å². The molecule has 2 N–H and O–H groups in total. The highest BCUT2D eigenvalue weighted by molar-refractivity contribution is 9.10. The predicted molar refractivity (Wildman–Crippen MR) is 81.0 cm³/mol. The summed E-state index contributed by atoms with van der Waals surface area (Å²) in [6, 6.07) is 7.18. The minimum absolute atomic E-state index is 0.215. The molecule has 1 aromatic carbocycles. The first-order chi connectivity index (χ1) is 8.56. The SMILES string of the molecule is CC(O)C(C)Sc1ccc(CNC2CC2)c(Br)c1. The summed E-state index contributed by atoms with van der Waals surface area (Å²) in [5.74, 6) is 0. The molecule has 100 valence electrons. The lowest BCUT2D eigenvalue weighted by atomic mass is 10.2. The lowest BCUT2D eigenvalue weighted by molar-refractivity contribution is 0.196. The van der Waals surface area contributed by atoms with Crippen LogP contribution in [0.4, 0.5) is 0 Å². The third kappa shape index (κ3) is 4.26. The Balaban J connectivity index is 1.95. The molecule has 0 amide bonds. The van der Waals surface area contributed by atoms with E-state index in [9.17, 15) is 5.11 Å². The zero-order chi connectivity index (χ0) is 13.1. The average Bonchev–Trinajstić information content (AvgIpc) is 3.11. The molecule has 2 unspecified atom stereocenters. The van der Waals surface area contributed by atoms with Crippen molar-refractivity contribution in [2.75, 3.05) is 0 Å². The Kier molecular flexibility index (Phi) is 5.13. The van der Waals surface area contributed by atoms with Crippen molar-refractivity contribution in [3.05, 3.63) is 28.2 Å². The summed E-state index contributed by atoms with van der Waals surface area (Å²) < 4.78 is 1.15. The van der Waals surface area contributed by atoms with Crippen LogP contribution < -0.4 is 5.32 Å². The van der Waals surface area contributed by atoms with Gasteiger partial charge in [0.1, 0.15) is 0 Å². The van der Waals surface area contributed by atoms with Crippen molar-refractivity contribution < 1.29 is 5.11 Å². The molecule has 2 nitrogen and oxygen atoms in total. The summed E-state index contributed by atoms with van der Waals surface area (Å²) in [5.41, 5.74) is 1.30. The van der Waals surface area contributed by atoms with Crippen molar-refractivity contribution in [3.63, 3.8) is 0 Å². The van der Waals surface area contributed by atoms with E-state index in [1.54, 1.807) is 11.8 Å². The number of thioether (sulfide) groups is 1. The normalized spacial score (nSPS) is 18.7. The van der Waals surface area contributed by atoms with Crippen molar-refractivity contribution in [1.29, 1.82) is 0 Å². The van der Waals surface area contributed by atoms with Gasteiger partial charge in [-0.2, -0.15) is 0 Å². The van der Waals surface area contributed by atoms with E-state index in [1.165, 1.54) is 23.3 Å². The van der Waals surface area contributed by atoms with Gasteiger partial charge in [-0.3, -0.25) is 0 Å². The molecular weight excluding hydrogens is 310 g/mol. The summed E-state index contributed by atoms with van der Waals surface area (Å²) >= 11 is 5.34. The fourth-order valence-electron chi connectivity index (χ4n) is 1.60. The van der Waals surface area contributed by atoms with E-state index in [0.29, 0.717) is 0 Å². The van der Waals surface area contributed by atoms with E-state index < -0.39 is 0 Å². The van der Waals surface area contributed by atoms with Crippen molar-refractivity contribution in [1.82, 2.24) is 5.32 Å². The van der Waals surface area contributed by atoms with E-state index in [4.69, 9.17) is 0 Å². The van der Waals surface area contributed by atoms with Gasteiger partial charge in [-0.1, -0.05) is 28.9 Å². The van der Waals surface area contributed by atoms with Crippen molar-refractivity contribution in [3.8, 4) is 0 Å². The topological polar surface area (TPSA) is 32.3 Å². The molecule has 0 saturated heterocycles. The first-order valence-electron chi connectivity index (χ1n) is 6.43. The maximum atomic E-state index is 9.52. The highest BCUT2D eigenvalue weighted by Crippen LogP contribution is 2.30. The van der Waals surface area contributed by atoms with Gasteiger partial charge in [0.2, 0.25) is 0 Å². The van der Waals surface area contributed by atoms with Gasteiger partial charge < -0.3 is 10.4 Å². The highest BCUT2D eigenvalue weighted by Gasteiger charge is 2.20. The first kappa shape index (κ1) is 14.4. The number of aliphatic hydroxyl groups is 1. The third-order valence-corrected chi connectivity index (χ3v) is 5.21. The molecule has 18 heavy (non-hydrogen) atoms. The molecular formula is C14H20BrNOS. The Labute approximate surface area is 122 Å². The lowest BCUT2D eigenvalue weighted by Crippen LogP contribution is -2.16. The Morgan fingerprint density at radius 3 is 2.72 bits per heavy atom. The van der Waals surface area contributed by atoms with Crippen molar-refractivity contribution >= 4 is 27.7 Å². The molecule has 0 aliphatic heterocycles. The molecule has 1 aromatic rings. The molecule has 1 saturated carbocycles. The molecule has 0 aromatic heterocycles. The Bertz CT molecular complexity index is 407. The summed E-state index contributed by atoms with van der Waals surface area (Å²) in [7, 11) is 0. The van der Waals surface area contributed by atoms with Gasteiger partial charge >= 0.3 is 0 Å². The minimum Gasteiger partial charge on any atom is -0.392 e.